The van der Waals surface area contributed by atoms with E-state index in [1.165, 1.54) is 22.6 Å². The monoisotopic (exact) mass is 414 g/mol. The second-order valence-electron chi connectivity index (χ2n) is 7.54. The number of hydrogen-bond acceptors (Lipinski definition) is 4. The zero-order valence-corrected chi connectivity index (χ0v) is 17.4. The molecule has 0 atom stereocenters. The minimum absolute atomic E-state index is 0.156. The molecular formula is C23H22N6O2. The molecule has 1 amide bonds. The van der Waals surface area contributed by atoms with Crippen LogP contribution in [0.15, 0.2) is 59.8 Å². The lowest BCUT2D eigenvalue weighted by Gasteiger charge is -2.08. The van der Waals surface area contributed by atoms with Crippen LogP contribution in [0.25, 0.3) is 32.8 Å². The van der Waals surface area contributed by atoms with Gasteiger partial charge in [-0.3, -0.25) is 18.8 Å². The minimum Gasteiger partial charge on any atom is -0.341 e. The van der Waals surface area contributed by atoms with Gasteiger partial charge in [0.1, 0.15) is 5.39 Å². The van der Waals surface area contributed by atoms with Gasteiger partial charge >= 0.3 is 0 Å². The molecular weight excluding hydrogens is 392 g/mol. The first-order chi connectivity index (χ1) is 15.1. The SMILES string of the molecule is CCn1c2ccccc2c2cc(NC(=O)CCn3cnc4c(cnn4C)c3=O)ccc21. The number of rotatable bonds is 5. The van der Waals surface area contributed by atoms with Gasteiger partial charge < -0.3 is 9.88 Å². The van der Waals surface area contributed by atoms with Crippen LogP contribution in [0.4, 0.5) is 5.69 Å². The standard InChI is InChI=1S/C23H22N6O2/c1-3-29-19-7-5-4-6-16(19)17-12-15(8-9-20(17)29)26-21(30)10-11-28-14-24-22-18(23(28)31)13-25-27(22)2/h4-9,12-14H,3,10-11H2,1-2H3,(H,26,30). The normalized spacial score (nSPS) is 11.5. The van der Waals surface area contributed by atoms with E-state index in [1.54, 1.807) is 11.7 Å². The van der Waals surface area contributed by atoms with Crippen molar-refractivity contribution in [3.8, 4) is 0 Å². The third kappa shape index (κ3) is 3.16. The molecule has 0 saturated heterocycles. The van der Waals surface area contributed by atoms with Crippen LogP contribution in [0.5, 0.6) is 0 Å². The Balaban J connectivity index is 1.36. The minimum atomic E-state index is -0.195. The van der Waals surface area contributed by atoms with Crippen molar-refractivity contribution in [2.45, 2.75) is 26.4 Å². The maximum atomic E-state index is 12.6. The van der Waals surface area contributed by atoms with Crippen molar-refractivity contribution in [2.24, 2.45) is 7.05 Å². The van der Waals surface area contributed by atoms with Crippen LogP contribution in [0, 0.1) is 0 Å². The molecule has 2 aromatic carbocycles. The van der Waals surface area contributed by atoms with Gasteiger partial charge in [-0.2, -0.15) is 5.10 Å². The van der Waals surface area contributed by atoms with Gasteiger partial charge in [-0.1, -0.05) is 18.2 Å². The number of aromatic nitrogens is 5. The largest absolute Gasteiger partial charge is 0.341 e. The van der Waals surface area contributed by atoms with E-state index < -0.39 is 0 Å². The lowest BCUT2D eigenvalue weighted by molar-refractivity contribution is -0.116. The van der Waals surface area contributed by atoms with Crippen molar-refractivity contribution >= 4 is 44.4 Å². The summed E-state index contributed by atoms with van der Waals surface area (Å²) in [5, 5.41) is 9.74. The zero-order valence-electron chi connectivity index (χ0n) is 17.4. The summed E-state index contributed by atoms with van der Waals surface area (Å²) in [5.74, 6) is -0.156. The van der Waals surface area contributed by atoms with Gasteiger partial charge in [0.2, 0.25) is 5.91 Å². The molecule has 0 bridgehead atoms. The number of carbonyl (C=O) groups excluding carboxylic acids is 1. The topological polar surface area (TPSA) is 86.7 Å². The first-order valence-corrected chi connectivity index (χ1v) is 10.2. The molecule has 0 aliphatic rings. The Morgan fingerprint density at radius 2 is 1.87 bits per heavy atom. The number of aryl methyl sites for hydroxylation is 3. The molecule has 0 fully saturated rings. The van der Waals surface area contributed by atoms with Gasteiger partial charge in [0.25, 0.3) is 5.56 Å². The fourth-order valence-electron chi connectivity index (χ4n) is 4.14. The van der Waals surface area contributed by atoms with Crippen LogP contribution in [0.1, 0.15) is 13.3 Å². The number of nitrogens with zero attached hydrogens (tertiary/aromatic N) is 5. The molecule has 0 aliphatic carbocycles. The fraction of sp³-hybridized carbons (Fsp3) is 0.217. The molecule has 8 heteroatoms. The zero-order chi connectivity index (χ0) is 21.5. The highest BCUT2D eigenvalue weighted by atomic mass is 16.2. The maximum Gasteiger partial charge on any atom is 0.264 e. The Labute approximate surface area is 177 Å². The Bertz CT molecular complexity index is 1510. The first-order valence-electron chi connectivity index (χ1n) is 10.2. The van der Waals surface area contributed by atoms with Crippen molar-refractivity contribution < 1.29 is 4.79 Å². The summed E-state index contributed by atoms with van der Waals surface area (Å²) in [6, 6.07) is 14.2. The number of para-hydroxylation sites is 1. The van der Waals surface area contributed by atoms with Crippen LogP contribution in [-0.4, -0.2) is 29.8 Å². The fourth-order valence-corrected chi connectivity index (χ4v) is 4.14. The van der Waals surface area contributed by atoms with E-state index in [1.807, 2.05) is 30.3 Å². The summed E-state index contributed by atoms with van der Waals surface area (Å²) in [4.78, 5) is 29.4. The van der Waals surface area contributed by atoms with E-state index in [4.69, 9.17) is 0 Å². The van der Waals surface area contributed by atoms with E-state index in [-0.39, 0.29) is 24.4 Å². The molecule has 3 heterocycles. The first kappa shape index (κ1) is 19.0. The van der Waals surface area contributed by atoms with Crippen LogP contribution < -0.4 is 10.9 Å². The van der Waals surface area contributed by atoms with Crippen molar-refractivity contribution in [2.75, 3.05) is 5.32 Å². The lowest BCUT2D eigenvalue weighted by Crippen LogP contribution is -2.23. The van der Waals surface area contributed by atoms with Crippen molar-refractivity contribution in [1.29, 1.82) is 0 Å². The Kier molecular flexibility index (Phi) is 4.54. The predicted octanol–water partition coefficient (Wildman–Crippen LogP) is 3.29. The number of fused-ring (bicyclic) bond motifs is 4. The van der Waals surface area contributed by atoms with E-state index in [0.717, 1.165) is 28.5 Å². The molecule has 3 aromatic heterocycles. The highest BCUT2D eigenvalue weighted by Crippen LogP contribution is 2.31. The third-order valence-electron chi connectivity index (χ3n) is 5.67. The number of benzene rings is 2. The number of nitrogens with one attached hydrogen (secondary N) is 1. The van der Waals surface area contributed by atoms with Gasteiger partial charge in [-0.15, -0.1) is 0 Å². The van der Waals surface area contributed by atoms with E-state index in [9.17, 15) is 9.59 Å². The van der Waals surface area contributed by atoms with E-state index in [0.29, 0.717) is 11.0 Å². The molecule has 31 heavy (non-hydrogen) atoms. The number of hydrogen-bond donors (Lipinski definition) is 1. The van der Waals surface area contributed by atoms with Crippen molar-refractivity contribution in [3.05, 3.63) is 65.3 Å². The Morgan fingerprint density at radius 3 is 2.71 bits per heavy atom. The van der Waals surface area contributed by atoms with Gasteiger partial charge in [0.05, 0.1) is 12.5 Å². The molecule has 0 spiro atoms. The number of carbonyl (C=O) groups is 1. The van der Waals surface area contributed by atoms with Gasteiger partial charge in [0, 0.05) is 54.1 Å². The van der Waals surface area contributed by atoms with Crippen LogP contribution in [0.3, 0.4) is 0 Å². The summed E-state index contributed by atoms with van der Waals surface area (Å²) in [6.45, 7) is 3.25. The smallest absolute Gasteiger partial charge is 0.264 e. The second kappa shape index (κ2) is 7.39. The van der Waals surface area contributed by atoms with E-state index >= 15 is 0 Å². The highest BCUT2D eigenvalue weighted by molar-refractivity contribution is 6.09. The highest BCUT2D eigenvalue weighted by Gasteiger charge is 2.12. The summed E-state index contributed by atoms with van der Waals surface area (Å²) < 4.78 is 5.27. The van der Waals surface area contributed by atoms with E-state index in [2.05, 4.69) is 39.0 Å². The molecule has 0 aliphatic heterocycles. The van der Waals surface area contributed by atoms with Crippen molar-refractivity contribution in [3.63, 3.8) is 0 Å². The number of anilines is 1. The van der Waals surface area contributed by atoms with Crippen molar-refractivity contribution in [1.82, 2.24) is 23.9 Å². The molecule has 8 nitrogen and oxygen atoms in total. The summed E-state index contributed by atoms with van der Waals surface area (Å²) in [5.41, 5.74) is 3.40. The third-order valence-corrected chi connectivity index (χ3v) is 5.67. The molecule has 0 saturated carbocycles. The van der Waals surface area contributed by atoms with Gasteiger partial charge in [-0.05, 0) is 31.2 Å². The Hall–Kier alpha value is -3.94. The average molecular weight is 414 g/mol. The molecule has 0 unspecified atom stereocenters. The quantitative estimate of drug-likeness (QED) is 0.478. The van der Waals surface area contributed by atoms with Crippen LogP contribution >= 0.6 is 0 Å². The molecule has 1 N–H and O–H groups in total. The van der Waals surface area contributed by atoms with Gasteiger partial charge in [0.15, 0.2) is 5.65 Å². The summed E-state index contributed by atoms with van der Waals surface area (Å²) in [6.07, 6.45) is 3.14. The average Bonchev–Trinajstić information content (AvgIpc) is 3.31. The lowest BCUT2D eigenvalue weighted by atomic mass is 10.1. The predicted molar refractivity (Wildman–Crippen MR) is 121 cm³/mol. The van der Waals surface area contributed by atoms with Crippen LogP contribution in [0.2, 0.25) is 0 Å². The summed E-state index contributed by atoms with van der Waals surface area (Å²) >= 11 is 0. The molecule has 5 aromatic rings. The number of amides is 1. The Morgan fingerprint density at radius 1 is 1.06 bits per heavy atom. The van der Waals surface area contributed by atoms with Crippen LogP contribution in [-0.2, 0) is 24.9 Å². The molecule has 156 valence electrons. The molecule has 5 rings (SSSR count). The molecule has 0 radical (unpaired) electrons. The van der Waals surface area contributed by atoms with Gasteiger partial charge in [-0.25, -0.2) is 4.98 Å². The second-order valence-corrected chi connectivity index (χ2v) is 7.54. The maximum absolute atomic E-state index is 12.6. The summed E-state index contributed by atoms with van der Waals surface area (Å²) in [7, 11) is 1.74.